The Morgan fingerprint density at radius 1 is 1.25 bits per heavy atom. The maximum Gasteiger partial charge on any atom is 0.254 e. The molecule has 1 aromatic rings. The lowest BCUT2D eigenvalue weighted by atomic mass is 10.1. The van der Waals surface area contributed by atoms with Crippen LogP contribution in [0.25, 0.3) is 0 Å². The largest absolute Gasteiger partial charge is 0.368 e. The Kier molecular flexibility index (Phi) is 4.11. The van der Waals surface area contributed by atoms with Gasteiger partial charge in [0.1, 0.15) is 24.1 Å². The molecule has 2 fully saturated rings. The van der Waals surface area contributed by atoms with Crippen LogP contribution < -0.4 is 10.2 Å². The van der Waals surface area contributed by atoms with Gasteiger partial charge in [0, 0.05) is 25.8 Å². The molecule has 6 nitrogen and oxygen atoms in total. The molecular formula is C14H20N4O2. The Morgan fingerprint density at radius 3 is 2.85 bits per heavy atom. The van der Waals surface area contributed by atoms with Crippen molar-refractivity contribution in [2.45, 2.75) is 38.2 Å². The average Bonchev–Trinajstić information content (AvgIpc) is 3.03. The molecule has 0 saturated carbocycles. The van der Waals surface area contributed by atoms with Crippen molar-refractivity contribution in [3.8, 4) is 0 Å². The molecule has 1 N–H and O–H groups in total. The fraction of sp³-hybridized carbons (Fsp3) is 0.643. The third-order valence-corrected chi connectivity index (χ3v) is 3.81. The Balaban J connectivity index is 1.65. The van der Waals surface area contributed by atoms with Crippen molar-refractivity contribution < 1.29 is 9.53 Å². The smallest absolute Gasteiger partial charge is 0.254 e. The van der Waals surface area contributed by atoms with Gasteiger partial charge in [0.05, 0.1) is 0 Å². The molecule has 1 unspecified atom stereocenters. The van der Waals surface area contributed by atoms with E-state index in [9.17, 15) is 4.79 Å². The first kappa shape index (κ1) is 13.3. The van der Waals surface area contributed by atoms with Crippen LogP contribution in [0.2, 0.25) is 0 Å². The summed E-state index contributed by atoms with van der Waals surface area (Å²) in [4.78, 5) is 22.7. The van der Waals surface area contributed by atoms with E-state index in [2.05, 4.69) is 20.2 Å². The van der Waals surface area contributed by atoms with E-state index in [-0.39, 0.29) is 12.0 Å². The lowest BCUT2D eigenvalue weighted by Crippen LogP contribution is -2.31. The van der Waals surface area contributed by atoms with Gasteiger partial charge in [0.2, 0.25) is 0 Å². The third kappa shape index (κ3) is 3.07. The zero-order valence-corrected chi connectivity index (χ0v) is 11.5. The van der Waals surface area contributed by atoms with Crippen molar-refractivity contribution >= 4 is 17.5 Å². The van der Waals surface area contributed by atoms with Crippen molar-refractivity contribution in [1.82, 2.24) is 9.97 Å². The SMILES string of the molecule is O=C(Nc1cc(N2CCCCC2)ncn1)C1CCCO1. The van der Waals surface area contributed by atoms with Crippen LogP contribution in [0.1, 0.15) is 32.1 Å². The molecule has 1 atom stereocenters. The van der Waals surface area contributed by atoms with Crippen LogP contribution in [0.4, 0.5) is 11.6 Å². The minimum absolute atomic E-state index is 0.106. The van der Waals surface area contributed by atoms with E-state index in [1.165, 1.54) is 25.6 Å². The topological polar surface area (TPSA) is 67.4 Å². The maximum atomic E-state index is 12.0. The molecule has 3 rings (SSSR count). The zero-order chi connectivity index (χ0) is 13.8. The number of hydrogen-bond donors (Lipinski definition) is 1. The minimum Gasteiger partial charge on any atom is -0.368 e. The average molecular weight is 276 g/mol. The first-order valence-electron chi connectivity index (χ1n) is 7.32. The molecule has 2 saturated heterocycles. The van der Waals surface area contributed by atoms with Crippen LogP contribution >= 0.6 is 0 Å². The summed E-state index contributed by atoms with van der Waals surface area (Å²) in [5.74, 6) is 1.34. The summed E-state index contributed by atoms with van der Waals surface area (Å²) in [6.07, 6.45) is 6.59. The number of piperidine rings is 1. The van der Waals surface area contributed by atoms with Crippen molar-refractivity contribution in [1.29, 1.82) is 0 Å². The lowest BCUT2D eigenvalue weighted by Gasteiger charge is -2.27. The number of amides is 1. The molecular weight excluding hydrogens is 256 g/mol. The fourth-order valence-electron chi connectivity index (χ4n) is 2.70. The molecule has 3 heterocycles. The van der Waals surface area contributed by atoms with Gasteiger partial charge in [-0.1, -0.05) is 0 Å². The standard InChI is InChI=1S/C14H20N4O2/c19-14(11-5-4-8-20-11)17-12-9-13(16-10-15-12)18-6-2-1-3-7-18/h9-11H,1-8H2,(H,15,16,17,19). The molecule has 0 spiro atoms. The van der Waals surface area contributed by atoms with Gasteiger partial charge >= 0.3 is 0 Å². The summed E-state index contributed by atoms with van der Waals surface area (Å²) >= 11 is 0. The van der Waals surface area contributed by atoms with Gasteiger partial charge in [-0.25, -0.2) is 9.97 Å². The summed E-state index contributed by atoms with van der Waals surface area (Å²) < 4.78 is 5.37. The predicted octanol–water partition coefficient (Wildman–Crippen LogP) is 1.58. The van der Waals surface area contributed by atoms with E-state index in [1.807, 2.05) is 6.07 Å². The molecule has 6 heteroatoms. The number of carbonyl (C=O) groups is 1. The van der Waals surface area contributed by atoms with E-state index < -0.39 is 0 Å². The summed E-state index contributed by atoms with van der Waals surface area (Å²) in [6, 6.07) is 1.85. The number of rotatable bonds is 3. The van der Waals surface area contributed by atoms with Gasteiger partial charge < -0.3 is 15.0 Å². The lowest BCUT2D eigenvalue weighted by molar-refractivity contribution is -0.124. The molecule has 2 aliphatic rings. The van der Waals surface area contributed by atoms with E-state index >= 15 is 0 Å². The minimum atomic E-state index is -0.330. The van der Waals surface area contributed by atoms with E-state index in [4.69, 9.17) is 4.74 Å². The van der Waals surface area contributed by atoms with Gasteiger partial charge in [-0.15, -0.1) is 0 Å². The Labute approximate surface area is 118 Å². The fourth-order valence-corrected chi connectivity index (χ4v) is 2.70. The molecule has 1 aromatic heterocycles. The number of carbonyl (C=O) groups excluding carboxylic acids is 1. The van der Waals surface area contributed by atoms with Crippen LogP contribution in [-0.2, 0) is 9.53 Å². The van der Waals surface area contributed by atoms with Crippen LogP contribution in [0, 0.1) is 0 Å². The zero-order valence-electron chi connectivity index (χ0n) is 11.5. The molecule has 0 bridgehead atoms. The van der Waals surface area contributed by atoms with Crippen molar-refractivity contribution in [3.05, 3.63) is 12.4 Å². The Morgan fingerprint density at radius 2 is 2.10 bits per heavy atom. The number of anilines is 2. The van der Waals surface area contributed by atoms with Crippen LogP contribution in [0.3, 0.4) is 0 Å². The second kappa shape index (κ2) is 6.17. The molecule has 0 aromatic carbocycles. The van der Waals surface area contributed by atoms with Gasteiger partial charge in [-0.05, 0) is 32.1 Å². The predicted molar refractivity (Wildman–Crippen MR) is 75.7 cm³/mol. The molecule has 0 aliphatic carbocycles. The van der Waals surface area contributed by atoms with E-state index in [0.29, 0.717) is 12.4 Å². The Hall–Kier alpha value is -1.69. The van der Waals surface area contributed by atoms with Crippen molar-refractivity contribution in [3.63, 3.8) is 0 Å². The normalized spacial score (nSPS) is 22.8. The van der Waals surface area contributed by atoms with Gasteiger partial charge in [0.25, 0.3) is 5.91 Å². The number of aromatic nitrogens is 2. The number of hydrogen-bond acceptors (Lipinski definition) is 5. The van der Waals surface area contributed by atoms with Gasteiger partial charge in [0.15, 0.2) is 0 Å². The highest BCUT2D eigenvalue weighted by molar-refractivity contribution is 5.93. The molecule has 2 aliphatic heterocycles. The second-order valence-electron chi connectivity index (χ2n) is 5.30. The van der Waals surface area contributed by atoms with Crippen molar-refractivity contribution in [2.75, 3.05) is 29.9 Å². The van der Waals surface area contributed by atoms with Crippen LogP contribution in [-0.4, -0.2) is 41.7 Å². The molecule has 20 heavy (non-hydrogen) atoms. The quantitative estimate of drug-likeness (QED) is 0.908. The molecule has 108 valence electrons. The molecule has 1 amide bonds. The highest BCUT2D eigenvalue weighted by Gasteiger charge is 2.24. The summed E-state index contributed by atoms with van der Waals surface area (Å²) in [5, 5.41) is 2.82. The third-order valence-electron chi connectivity index (χ3n) is 3.81. The second-order valence-corrected chi connectivity index (χ2v) is 5.30. The monoisotopic (exact) mass is 276 g/mol. The van der Waals surface area contributed by atoms with Gasteiger partial charge in [-0.3, -0.25) is 4.79 Å². The van der Waals surface area contributed by atoms with E-state index in [0.717, 1.165) is 31.7 Å². The van der Waals surface area contributed by atoms with Crippen LogP contribution in [0.15, 0.2) is 12.4 Å². The molecule has 0 radical (unpaired) electrons. The van der Waals surface area contributed by atoms with Crippen molar-refractivity contribution in [2.24, 2.45) is 0 Å². The maximum absolute atomic E-state index is 12.0. The highest BCUT2D eigenvalue weighted by Crippen LogP contribution is 2.20. The Bertz CT molecular complexity index is 468. The number of nitrogens with one attached hydrogen (secondary N) is 1. The first-order valence-corrected chi connectivity index (χ1v) is 7.32. The van der Waals surface area contributed by atoms with Crippen LogP contribution in [0.5, 0.6) is 0 Å². The number of ether oxygens (including phenoxy) is 1. The highest BCUT2D eigenvalue weighted by atomic mass is 16.5. The summed E-state index contributed by atoms with van der Waals surface area (Å²) in [7, 11) is 0. The summed E-state index contributed by atoms with van der Waals surface area (Å²) in [6.45, 7) is 2.72. The summed E-state index contributed by atoms with van der Waals surface area (Å²) in [5.41, 5.74) is 0. The number of nitrogens with zero attached hydrogens (tertiary/aromatic N) is 3. The van der Waals surface area contributed by atoms with Gasteiger partial charge in [-0.2, -0.15) is 0 Å². The van der Waals surface area contributed by atoms with E-state index in [1.54, 1.807) is 0 Å². The first-order chi connectivity index (χ1) is 9.83.